The van der Waals surface area contributed by atoms with E-state index in [0.717, 1.165) is 26.2 Å². The van der Waals surface area contributed by atoms with E-state index in [1.54, 1.807) is 0 Å². The molecule has 1 amide bonds. The minimum Gasteiger partial charge on any atom is -0.355 e. The van der Waals surface area contributed by atoms with Crippen molar-refractivity contribution in [3.05, 3.63) is 0 Å². The van der Waals surface area contributed by atoms with Crippen molar-refractivity contribution in [1.82, 2.24) is 15.5 Å². The van der Waals surface area contributed by atoms with Crippen molar-refractivity contribution in [2.24, 2.45) is 5.92 Å². The molecule has 2 N–H and O–H groups in total. The molecule has 4 nitrogen and oxygen atoms in total. The molecule has 0 aromatic heterocycles. The fourth-order valence-corrected chi connectivity index (χ4v) is 2.37. The Morgan fingerprint density at radius 3 is 2.72 bits per heavy atom. The van der Waals surface area contributed by atoms with Crippen LogP contribution in [0.5, 0.6) is 0 Å². The van der Waals surface area contributed by atoms with Gasteiger partial charge in [0.05, 0.1) is 6.54 Å². The van der Waals surface area contributed by atoms with Crippen molar-refractivity contribution in [2.45, 2.75) is 46.1 Å². The number of likely N-dealkylation sites (N-methyl/N-ethyl adjacent to an activating group) is 1. The number of hydrogen-bond acceptors (Lipinski definition) is 3. The Labute approximate surface area is 111 Å². The van der Waals surface area contributed by atoms with Gasteiger partial charge >= 0.3 is 0 Å². The number of likely N-dealkylation sites (tertiary alicyclic amines) is 1. The molecule has 0 aromatic carbocycles. The van der Waals surface area contributed by atoms with Gasteiger partial charge in [-0.15, -0.1) is 0 Å². The number of nitrogens with one attached hydrogen (secondary N) is 2. The lowest BCUT2D eigenvalue weighted by Gasteiger charge is -2.34. The number of amides is 1. The van der Waals surface area contributed by atoms with Crippen molar-refractivity contribution < 1.29 is 4.79 Å². The maximum Gasteiger partial charge on any atom is 0.234 e. The molecule has 0 bridgehead atoms. The lowest BCUT2D eigenvalue weighted by Crippen LogP contribution is -2.47. The third-order valence-electron chi connectivity index (χ3n) is 3.27. The van der Waals surface area contributed by atoms with E-state index in [0.29, 0.717) is 12.5 Å². The molecule has 1 fully saturated rings. The molecule has 1 aliphatic heterocycles. The summed E-state index contributed by atoms with van der Waals surface area (Å²) in [7, 11) is 0. The lowest BCUT2D eigenvalue weighted by molar-refractivity contribution is -0.122. The number of carbonyl (C=O) groups excluding carboxylic acids is 1. The Balaban J connectivity index is 2.30. The summed E-state index contributed by atoms with van der Waals surface area (Å²) >= 11 is 0. The van der Waals surface area contributed by atoms with Gasteiger partial charge < -0.3 is 10.6 Å². The molecule has 0 spiro atoms. The molecule has 4 heteroatoms. The second-order valence-corrected chi connectivity index (χ2v) is 6.33. The van der Waals surface area contributed by atoms with E-state index < -0.39 is 0 Å². The first-order valence-electron chi connectivity index (χ1n) is 7.15. The SMILES string of the molecule is CCNC(=O)CN1CCCC(CNC(C)(C)C)C1. The van der Waals surface area contributed by atoms with Crippen molar-refractivity contribution >= 4 is 5.91 Å². The van der Waals surface area contributed by atoms with E-state index in [2.05, 4.69) is 36.3 Å². The van der Waals surface area contributed by atoms with Crippen LogP contribution in [0.15, 0.2) is 0 Å². The first-order chi connectivity index (χ1) is 8.40. The van der Waals surface area contributed by atoms with Crippen LogP contribution in [0.2, 0.25) is 0 Å². The molecule has 18 heavy (non-hydrogen) atoms. The molecular formula is C14H29N3O. The van der Waals surface area contributed by atoms with Gasteiger partial charge in [0.25, 0.3) is 0 Å². The number of piperidine rings is 1. The molecule has 1 aliphatic rings. The Bertz CT molecular complexity index is 260. The zero-order valence-corrected chi connectivity index (χ0v) is 12.4. The van der Waals surface area contributed by atoms with Crippen LogP contribution in [0, 0.1) is 5.92 Å². The van der Waals surface area contributed by atoms with Gasteiger partial charge in [-0.1, -0.05) is 0 Å². The molecule has 1 unspecified atom stereocenters. The van der Waals surface area contributed by atoms with Crippen LogP contribution in [0.3, 0.4) is 0 Å². The van der Waals surface area contributed by atoms with E-state index in [9.17, 15) is 4.79 Å². The van der Waals surface area contributed by atoms with E-state index in [1.165, 1.54) is 12.8 Å². The Hall–Kier alpha value is -0.610. The van der Waals surface area contributed by atoms with Gasteiger partial charge in [0, 0.05) is 18.6 Å². The van der Waals surface area contributed by atoms with Crippen molar-refractivity contribution in [3.8, 4) is 0 Å². The second kappa shape index (κ2) is 7.10. The van der Waals surface area contributed by atoms with Gasteiger partial charge in [0.2, 0.25) is 5.91 Å². The molecule has 1 atom stereocenters. The topological polar surface area (TPSA) is 44.4 Å². The van der Waals surface area contributed by atoms with Crippen LogP contribution in [-0.4, -0.2) is 49.1 Å². The summed E-state index contributed by atoms with van der Waals surface area (Å²) < 4.78 is 0. The summed E-state index contributed by atoms with van der Waals surface area (Å²) in [5, 5.41) is 6.43. The summed E-state index contributed by atoms with van der Waals surface area (Å²) in [4.78, 5) is 13.8. The zero-order chi connectivity index (χ0) is 13.6. The van der Waals surface area contributed by atoms with Gasteiger partial charge in [0.1, 0.15) is 0 Å². The molecule has 1 saturated heterocycles. The highest BCUT2D eigenvalue weighted by molar-refractivity contribution is 5.77. The molecule has 0 aliphatic carbocycles. The first-order valence-corrected chi connectivity index (χ1v) is 7.15. The summed E-state index contributed by atoms with van der Waals surface area (Å²) in [5.74, 6) is 0.828. The van der Waals surface area contributed by atoms with Gasteiger partial charge in [-0.25, -0.2) is 0 Å². The van der Waals surface area contributed by atoms with E-state index in [4.69, 9.17) is 0 Å². The molecule has 0 aromatic rings. The minimum atomic E-state index is 0.155. The van der Waals surface area contributed by atoms with Crippen molar-refractivity contribution in [1.29, 1.82) is 0 Å². The Kier molecular flexibility index (Phi) is 6.09. The van der Waals surface area contributed by atoms with Gasteiger partial charge in [0.15, 0.2) is 0 Å². The monoisotopic (exact) mass is 255 g/mol. The summed E-state index contributed by atoms with van der Waals surface area (Å²) in [5.41, 5.74) is 0.182. The van der Waals surface area contributed by atoms with Crippen LogP contribution >= 0.6 is 0 Å². The maximum atomic E-state index is 11.6. The standard InChI is InChI=1S/C14H29N3O/c1-5-15-13(18)11-17-8-6-7-12(10-17)9-16-14(2,3)4/h12,16H,5-11H2,1-4H3,(H,15,18). The average Bonchev–Trinajstić information content (AvgIpc) is 2.26. The molecule has 1 heterocycles. The summed E-state index contributed by atoms with van der Waals surface area (Å²) in [6, 6.07) is 0. The lowest BCUT2D eigenvalue weighted by atomic mass is 9.96. The predicted molar refractivity (Wildman–Crippen MR) is 75.6 cm³/mol. The summed E-state index contributed by atoms with van der Waals surface area (Å²) in [6.07, 6.45) is 2.48. The number of rotatable bonds is 5. The number of hydrogen-bond donors (Lipinski definition) is 2. The number of nitrogens with zero attached hydrogens (tertiary/aromatic N) is 1. The van der Waals surface area contributed by atoms with Gasteiger partial charge in [-0.3, -0.25) is 9.69 Å². The van der Waals surface area contributed by atoms with Crippen LogP contribution in [0.1, 0.15) is 40.5 Å². The largest absolute Gasteiger partial charge is 0.355 e. The molecule has 106 valence electrons. The van der Waals surface area contributed by atoms with Crippen LogP contribution in [-0.2, 0) is 4.79 Å². The van der Waals surface area contributed by atoms with Crippen molar-refractivity contribution in [3.63, 3.8) is 0 Å². The Morgan fingerprint density at radius 1 is 1.39 bits per heavy atom. The quantitative estimate of drug-likeness (QED) is 0.776. The van der Waals surface area contributed by atoms with Gasteiger partial charge in [-0.2, -0.15) is 0 Å². The third kappa shape index (κ3) is 6.36. The predicted octanol–water partition coefficient (Wildman–Crippen LogP) is 1.22. The number of carbonyl (C=O) groups is 1. The second-order valence-electron chi connectivity index (χ2n) is 6.33. The molecule has 0 radical (unpaired) electrons. The highest BCUT2D eigenvalue weighted by Crippen LogP contribution is 2.16. The van der Waals surface area contributed by atoms with Crippen LogP contribution in [0.25, 0.3) is 0 Å². The minimum absolute atomic E-state index is 0.155. The van der Waals surface area contributed by atoms with Crippen molar-refractivity contribution in [2.75, 3.05) is 32.7 Å². The molecular weight excluding hydrogens is 226 g/mol. The van der Waals surface area contributed by atoms with E-state index in [-0.39, 0.29) is 11.4 Å². The maximum absolute atomic E-state index is 11.6. The summed E-state index contributed by atoms with van der Waals surface area (Å²) in [6.45, 7) is 13.0. The van der Waals surface area contributed by atoms with Crippen LogP contribution < -0.4 is 10.6 Å². The highest BCUT2D eigenvalue weighted by Gasteiger charge is 2.22. The zero-order valence-electron chi connectivity index (χ0n) is 12.4. The first kappa shape index (κ1) is 15.4. The fraction of sp³-hybridized carbons (Fsp3) is 0.929. The Morgan fingerprint density at radius 2 is 2.11 bits per heavy atom. The molecule has 1 rings (SSSR count). The average molecular weight is 255 g/mol. The van der Waals surface area contributed by atoms with E-state index >= 15 is 0 Å². The fourth-order valence-electron chi connectivity index (χ4n) is 2.37. The third-order valence-corrected chi connectivity index (χ3v) is 3.27. The normalized spacial score (nSPS) is 21.9. The smallest absolute Gasteiger partial charge is 0.234 e. The van der Waals surface area contributed by atoms with E-state index in [1.807, 2.05) is 6.92 Å². The van der Waals surface area contributed by atoms with Crippen LogP contribution in [0.4, 0.5) is 0 Å². The molecule has 0 saturated carbocycles. The highest BCUT2D eigenvalue weighted by atomic mass is 16.2. The van der Waals surface area contributed by atoms with Gasteiger partial charge in [-0.05, 0) is 59.5 Å².